The minimum absolute atomic E-state index is 0.406. The minimum atomic E-state index is 0.406. The first kappa shape index (κ1) is 15.0. The van der Waals surface area contributed by atoms with Gasteiger partial charge >= 0.3 is 0 Å². The summed E-state index contributed by atoms with van der Waals surface area (Å²) in [5.74, 6) is 0. The SMILES string of the molecule is Cc1cccc(CN(C)c2cccc(Br)c2C(N)=S)c1. The van der Waals surface area contributed by atoms with E-state index in [-0.39, 0.29) is 0 Å². The Hall–Kier alpha value is -1.39. The van der Waals surface area contributed by atoms with Crippen molar-refractivity contribution >= 4 is 38.8 Å². The molecule has 0 amide bonds. The average molecular weight is 349 g/mol. The molecule has 20 heavy (non-hydrogen) atoms. The van der Waals surface area contributed by atoms with Crippen LogP contribution in [0.3, 0.4) is 0 Å². The molecule has 4 heteroatoms. The Kier molecular flexibility index (Phi) is 4.78. The molecular weight excluding hydrogens is 332 g/mol. The maximum Gasteiger partial charge on any atom is 0.107 e. The van der Waals surface area contributed by atoms with Crippen LogP contribution in [0.4, 0.5) is 5.69 Å². The maximum absolute atomic E-state index is 5.85. The summed E-state index contributed by atoms with van der Waals surface area (Å²) in [6, 6.07) is 14.5. The molecule has 0 bridgehead atoms. The highest BCUT2D eigenvalue weighted by Gasteiger charge is 2.13. The van der Waals surface area contributed by atoms with Gasteiger partial charge in [0.15, 0.2) is 0 Å². The van der Waals surface area contributed by atoms with Gasteiger partial charge in [0.2, 0.25) is 0 Å². The summed E-state index contributed by atoms with van der Waals surface area (Å²) in [4.78, 5) is 2.57. The number of nitrogens with two attached hydrogens (primary N) is 1. The quantitative estimate of drug-likeness (QED) is 0.845. The number of hydrogen-bond acceptors (Lipinski definition) is 2. The summed E-state index contributed by atoms with van der Waals surface area (Å²) >= 11 is 8.68. The van der Waals surface area contributed by atoms with Crippen molar-refractivity contribution in [2.75, 3.05) is 11.9 Å². The molecular formula is C16H17BrN2S. The van der Waals surface area contributed by atoms with E-state index in [0.29, 0.717) is 4.99 Å². The van der Waals surface area contributed by atoms with Crippen LogP contribution in [0, 0.1) is 6.92 Å². The number of benzene rings is 2. The third kappa shape index (κ3) is 3.38. The van der Waals surface area contributed by atoms with E-state index in [4.69, 9.17) is 18.0 Å². The van der Waals surface area contributed by atoms with Gasteiger partial charge in [-0.3, -0.25) is 0 Å². The van der Waals surface area contributed by atoms with Gasteiger partial charge < -0.3 is 10.6 Å². The van der Waals surface area contributed by atoms with Crippen molar-refractivity contribution in [3.63, 3.8) is 0 Å². The predicted octanol–water partition coefficient (Wildman–Crippen LogP) is 4.03. The van der Waals surface area contributed by atoms with Crippen molar-refractivity contribution in [1.29, 1.82) is 0 Å². The predicted molar refractivity (Wildman–Crippen MR) is 93.3 cm³/mol. The first-order chi connectivity index (χ1) is 9.49. The number of halogens is 1. The van der Waals surface area contributed by atoms with E-state index in [2.05, 4.69) is 52.0 Å². The first-order valence-electron chi connectivity index (χ1n) is 6.34. The number of rotatable bonds is 4. The second-order valence-electron chi connectivity index (χ2n) is 4.84. The lowest BCUT2D eigenvalue weighted by atomic mass is 10.1. The largest absolute Gasteiger partial charge is 0.389 e. The van der Waals surface area contributed by atoms with Crippen LogP contribution in [0.15, 0.2) is 46.9 Å². The van der Waals surface area contributed by atoms with Gasteiger partial charge in [-0.15, -0.1) is 0 Å². The maximum atomic E-state index is 5.85. The molecule has 2 N–H and O–H groups in total. The fourth-order valence-corrected chi connectivity index (χ4v) is 3.16. The molecule has 0 aliphatic carbocycles. The zero-order chi connectivity index (χ0) is 14.7. The fourth-order valence-electron chi connectivity index (χ4n) is 2.24. The van der Waals surface area contributed by atoms with Gasteiger partial charge in [0.1, 0.15) is 4.99 Å². The molecule has 0 aliphatic rings. The van der Waals surface area contributed by atoms with Crippen molar-refractivity contribution in [2.45, 2.75) is 13.5 Å². The van der Waals surface area contributed by atoms with E-state index in [0.717, 1.165) is 22.3 Å². The van der Waals surface area contributed by atoms with Crippen LogP contribution >= 0.6 is 28.1 Å². The third-order valence-corrected chi connectivity index (χ3v) is 4.02. The topological polar surface area (TPSA) is 29.3 Å². The lowest BCUT2D eigenvalue weighted by Crippen LogP contribution is -2.22. The van der Waals surface area contributed by atoms with Crippen LogP contribution in [-0.2, 0) is 6.54 Å². The van der Waals surface area contributed by atoms with Crippen molar-refractivity contribution in [3.8, 4) is 0 Å². The molecule has 2 aromatic rings. The molecule has 0 aromatic heterocycles. The average Bonchev–Trinajstić information content (AvgIpc) is 2.37. The summed E-state index contributed by atoms with van der Waals surface area (Å²) in [6.45, 7) is 2.91. The molecule has 0 fully saturated rings. The molecule has 0 saturated heterocycles. The molecule has 0 unspecified atom stereocenters. The molecule has 0 aliphatic heterocycles. The lowest BCUT2D eigenvalue weighted by molar-refractivity contribution is 0.919. The molecule has 0 saturated carbocycles. The zero-order valence-electron chi connectivity index (χ0n) is 11.6. The zero-order valence-corrected chi connectivity index (χ0v) is 14.0. The van der Waals surface area contributed by atoms with Crippen LogP contribution in [0.2, 0.25) is 0 Å². The molecule has 0 atom stereocenters. The molecule has 2 nitrogen and oxygen atoms in total. The molecule has 104 valence electrons. The van der Waals surface area contributed by atoms with Crippen LogP contribution in [0.1, 0.15) is 16.7 Å². The molecule has 0 heterocycles. The van der Waals surface area contributed by atoms with Crippen molar-refractivity contribution in [2.24, 2.45) is 5.73 Å². The smallest absolute Gasteiger partial charge is 0.107 e. The van der Waals surface area contributed by atoms with Gasteiger partial charge in [-0.25, -0.2) is 0 Å². The number of thiocarbonyl (C=S) groups is 1. The Morgan fingerprint density at radius 2 is 1.95 bits per heavy atom. The highest BCUT2D eigenvalue weighted by Crippen LogP contribution is 2.28. The fraction of sp³-hybridized carbons (Fsp3) is 0.188. The Labute approximate surface area is 133 Å². The first-order valence-corrected chi connectivity index (χ1v) is 7.54. The van der Waals surface area contributed by atoms with Crippen LogP contribution in [0.25, 0.3) is 0 Å². The normalized spacial score (nSPS) is 10.3. The van der Waals surface area contributed by atoms with Crippen molar-refractivity contribution in [3.05, 3.63) is 63.6 Å². The molecule has 2 rings (SSSR count). The standard InChI is InChI=1S/C16H17BrN2S/c1-11-5-3-6-12(9-11)10-19(2)14-8-4-7-13(17)15(14)16(18)20/h3-9H,10H2,1-2H3,(H2,18,20). The second-order valence-corrected chi connectivity index (χ2v) is 6.14. The van der Waals surface area contributed by atoms with Crippen LogP contribution in [-0.4, -0.2) is 12.0 Å². The van der Waals surface area contributed by atoms with Crippen molar-refractivity contribution < 1.29 is 0 Å². The van der Waals surface area contributed by atoms with Gasteiger partial charge in [-0.2, -0.15) is 0 Å². The van der Waals surface area contributed by atoms with E-state index >= 15 is 0 Å². The summed E-state index contributed by atoms with van der Waals surface area (Å²) < 4.78 is 0.929. The number of nitrogens with zero attached hydrogens (tertiary/aromatic N) is 1. The number of anilines is 1. The van der Waals surface area contributed by atoms with Gasteiger partial charge in [0.05, 0.1) is 0 Å². The van der Waals surface area contributed by atoms with Gasteiger partial charge in [-0.1, -0.05) is 48.1 Å². The van der Waals surface area contributed by atoms with E-state index in [9.17, 15) is 0 Å². The van der Waals surface area contributed by atoms with E-state index in [1.54, 1.807) is 0 Å². The summed E-state index contributed by atoms with van der Waals surface area (Å²) in [6.07, 6.45) is 0. The van der Waals surface area contributed by atoms with Gasteiger partial charge in [-0.05, 0) is 40.5 Å². The van der Waals surface area contributed by atoms with Crippen molar-refractivity contribution in [1.82, 2.24) is 0 Å². The van der Waals surface area contributed by atoms with Gasteiger partial charge in [0.25, 0.3) is 0 Å². The summed E-state index contributed by atoms with van der Waals surface area (Å²) in [5, 5.41) is 0. The molecule has 0 spiro atoms. The minimum Gasteiger partial charge on any atom is -0.389 e. The van der Waals surface area contributed by atoms with E-state index in [1.807, 2.05) is 25.2 Å². The highest BCUT2D eigenvalue weighted by molar-refractivity contribution is 9.10. The Balaban J connectivity index is 2.32. The highest BCUT2D eigenvalue weighted by atomic mass is 79.9. The Bertz CT molecular complexity index is 640. The van der Waals surface area contributed by atoms with E-state index in [1.165, 1.54) is 11.1 Å². The Morgan fingerprint density at radius 3 is 2.60 bits per heavy atom. The molecule has 2 aromatic carbocycles. The van der Waals surface area contributed by atoms with Gasteiger partial charge in [0, 0.05) is 29.3 Å². The monoisotopic (exact) mass is 348 g/mol. The van der Waals surface area contributed by atoms with E-state index < -0.39 is 0 Å². The van der Waals surface area contributed by atoms with Crippen LogP contribution < -0.4 is 10.6 Å². The summed E-state index contributed by atoms with van der Waals surface area (Å²) in [7, 11) is 2.05. The third-order valence-electron chi connectivity index (χ3n) is 3.15. The summed E-state index contributed by atoms with van der Waals surface area (Å²) in [5.41, 5.74) is 10.3. The number of aryl methyl sites for hydroxylation is 1. The molecule has 0 radical (unpaired) electrons. The number of hydrogen-bond donors (Lipinski definition) is 1. The lowest BCUT2D eigenvalue weighted by Gasteiger charge is -2.23. The second kappa shape index (κ2) is 6.37. The van der Waals surface area contributed by atoms with Crippen LogP contribution in [0.5, 0.6) is 0 Å². The Morgan fingerprint density at radius 1 is 1.25 bits per heavy atom.